The summed E-state index contributed by atoms with van der Waals surface area (Å²) in [5, 5.41) is 0. The number of rotatable bonds is 12. The van der Waals surface area contributed by atoms with E-state index < -0.39 is 0 Å². The van der Waals surface area contributed by atoms with E-state index in [0.29, 0.717) is 6.04 Å². The summed E-state index contributed by atoms with van der Waals surface area (Å²) in [6.45, 7) is 4.42. The van der Waals surface area contributed by atoms with Crippen LogP contribution in [0.25, 0.3) is 0 Å². The standard InChI is InChI=1S/C19H33NS/c1-3-4-5-6-7-8-9-10-13-18(20)16-21-19-14-11-12-17(2)15-19/h11-12,14-15,18H,3-10,13,16,20H2,1-2H3. The lowest BCUT2D eigenvalue weighted by Crippen LogP contribution is -2.22. The molecule has 1 aromatic carbocycles. The quantitative estimate of drug-likeness (QED) is 0.381. The molecule has 2 N–H and O–H groups in total. The van der Waals surface area contributed by atoms with Gasteiger partial charge in [-0.25, -0.2) is 0 Å². The SMILES string of the molecule is CCCCCCCCCCC(N)CSc1cccc(C)c1. The fourth-order valence-corrected chi connectivity index (χ4v) is 3.55. The van der Waals surface area contributed by atoms with Crippen LogP contribution in [0.15, 0.2) is 29.2 Å². The van der Waals surface area contributed by atoms with E-state index in [1.165, 1.54) is 68.2 Å². The fraction of sp³-hybridized carbons (Fsp3) is 0.684. The average molecular weight is 308 g/mol. The third kappa shape index (κ3) is 9.97. The van der Waals surface area contributed by atoms with Crippen LogP contribution in [0.5, 0.6) is 0 Å². The molecule has 1 aromatic rings. The Labute approximate surface area is 136 Å². The van der Waals surface area contributed by atoms with Crippen LogP contribution in [-0.2, 0) is 0 Å². The van der Waals surface area contributed by atoms with Crippen molar-refractivity contribution in [1.29, 1.82) is 0 Å². The van der Waals surface area contributed by atoms with E-state index in [9.17, 15) is 0 Å². The molecule has 1 unspecified atom stereocenters. The van der Waals surface area contributed by atoms with Gasteiger partial charge in [0.05, 0.1) is 0 Å². The van der Waals surface area contributed by atoms with Gasteiger partial charge in [0.25, 0.3) is 0 Å². The van der Waals surface area contributed by atoms with E-state index in [1.54, 1.807) is 0 Å². The second-order valence-corrected chi connectivity index (χ2v) is 7.24. The van der Waals surface area contributed by atoms with E-state index in [2.05, 4.69) is 38.1 Å². The lowest BCUT2D eigenvalue weighted by Gasteiger charge is -2.11. The molecule has 0 bridgehead atoms. The number of hydrogen-bond acceptors (Lipinski definition) is 2. The van der Waals surface area contributed by atoms with Gasteiger partial charge >= 0.3 is 0 Å². The van der Waals surface area contributed by atoms with E-state index in [0.717, 1.165) is 5.75 Å². The maximum atomic E-state index is 6.22. The van der Waals surface area contributed by atoms with Crippen molar-refractivity contribution in [2.24, 2.45) is 5.73 Å². The molecule has 0 aromatic heterocycles. The molecule has 0 heterocycles. The predicted molar refractivity (Wildman–Crippen MR) is 97.1 cm³/mol. The van der Waals surface area contributed by atoms with Crippen molar-refractivity contribution in [3.63, 3.8) is 0 Å². The zero-order valence-corrected chi connectivity index (χ0v) is 14.8. The van der Waals surface area contributed by atoms with Gasteiger partial charge in [-0.15, -0.1) is 11.8 Å². The van der Waals surface area contributed by atoms with Crippen LogP contribution >= 0.6 is 11.8 Å². The smallest absolute Gasteiger partial charge is 0.0133 e. The molecule has 120 valence electrons. The van der Waals surface area contributed by atoms with Crippen LogP contribution in [-0.4, -0.2) is 11.8 Å². The molecule has 0 aliphatic rings. The Hall–Kier alpha value is -0.470. The summed E-state index contributed by atoms with van der Waals surface area (Å²) in [4.78, 5) is 1.35. The fourth-order valence-electron chi connectivity index (χ4n) is 2.53. The van der Waals surface area contributed by atoms with Crippen LogP contribution in [0.4, 0.5) is 0 Å². The summed E-state index contributed by atoms with van der Waals surface area (Å²) in [5.74, 6) is 1.04. The highest BCUT2D eigenvalue weighted by Crippen LogP contribution is 2.20. The minimum Gasteiger partial charge on any atom is -0.327 e. The van der Waals surface area contributed by atoms with Crippen LogP contribution in [0.1, 0.15) is 70.3 Å². The van der Waals surface area contributed by atoms with Crippen LogP contribution in [0, 0.1) is 6.92 Å². The van der Waals surface area contributed by atoms with Crippen LogP contribution in [0.3, 0.4) is 0 Å². The van der Waals surface area contributed by atoms with E-state index in [-0.39, 0.29) is 0 Å². The molecular formula is C19H33NS. The highest BCUT2D eigenvalue weighted by Gasteiger charge is 2.04. The van der Waals surface area contributed by atoms with Gasteiger partial charge < -0.3 is 5.73 Å². The van der Waals surface area contributed by atoms with Gasteiger partial charge in [0.2, 0.25) is 0 Å². The maximum absolute atomic E-state index is 6.22. The summed E-state index contributed by atoms with van der Waals surface area (Å²) in [6.07, 6.45) is 12.2. The second-order valence-electron chi connectivity index (χ2n) is 6.15. The number of hydrogen-bond donors (Lipinski definition) is 1. The second kappa shape index (κ2) is 12.1. The van der Waals surface area contributed by atoms with Gasteiger partial charge in [-0.05, 0) is 25.5 Å². The zero-order chi connectivity index (χ0) is 15.3. The first-order valence-corrected chi connectivity index (χ1v) is 9.66. The van der Waals surface area contributed by atoms with Gasteiger partial charge in [-0.3, -0.25) is 0 Å². The van der Waals surface area contributed by atoms with Crippen molar-refractivity contribution in [3.05, 3.63) is 29.8 Å². The normalized spacial score (nSPS) is 12.5. The van der Waals surface area contributed by atoms with Crippen molar-refractivity contribution < 1.29 is 0 Å². The first kappa shape index (κ1) is 18.6. The molecule has 0 radical (unpaired) electrons. The van der Waals surface area contributed by atoms with Gasteiger partial charge in [0.1, 0.15) is 0 Å². The Bertz CT molecular complexity index is 364. The van der Waals surface area contributed by atoms with Crippen molar-refractivity contribution in [2.75, 3.05) is 5.75 Å². The average Bonchev–Trinajstić information content (AvgIpc) is 2.48. The van der Waals surface area contributed by atoms with E-state index in [1.807, 2.05) is 11.8 Å². The Morgan fingerprint density at radius 1 is 1.00 bits per heavy atom. The van der Waals surface area contributed by atoms with Crippen LogP contribution in [0.2, 0.25) is 0 Å². The Balaban J connectivity index is 1.97. The molecule has 0 spiro atoms. The molecule has 0 fully saturated rings. The Kier molecular flexibility index (Phi) is 10.7. The number of nitrogens with two attached hydrogens (primary N) is 1. The molecule has 1 nitrogen and oxygen atoms in total. The highest BCUT2D eigenvalue weighted by molar-refractivity contribution is 7.99. The molecule has 2 heteroatoms. The number of unbranched alkanes of at least 4 members (excludes halogenated alkanes) is 7. The summed E-state index contributed by atoms with van der Waals surface area (Å²) in [7, 11) is 0. The topological polar surface area (TPSA) is 26.0 Å². The molecule has 0 aliphatic carbocycles. The number of thioether (sulfide) groups is 1. The lowest BCUT2D eigenvalue weighted by molar-refractivity contribution is 0.543. The van der Waals surface area contributed by atoms with Crippen molar-refractivity contribution >= 4 is 11.8 Å². The highest BCUT2D eigenvalue weighted by atomic mass is 32.2. The first-order chi connectivity index (χ1) is 10.2. The molecule has 1 rings (SSSR count). The van der Waals surface area contributed by atoms with E-state index >= 15 is 0 Å². The van der Waals surface area contributed by atoms with Gasteiger partial charge in [-0.1, -0.05) is 76.0 Å². The lowest BCUT2D eigenvalue weighted by atomic mass is 10.1. The maximum Gasteiger partial charge on any atom is 0.0133 e. The van der Waals surface area contributed by atoms with Gasteiger partial charge in [0, 0.05) is 16.7 Å². The molecule has 0 saturated heterocycles. The first-order valence-electron chi connectivity index (χ1n) is 8.67. The Morgan fingerprint density at radius 3 is 2.33 bits per heavy atom. The molecule has 21 heavy (non-hydrogen) atoms. The monoisotopic (exact) mass is 307 g/mol. The third-order valence-corrected chi connectivity index (χ3v) is 5.06. The summed E-state index contributed by atoms with van der Waals surface area (Å²) >= 11 is 1.90. The molecule has 0 saturated carbocycles. The van der Waals surface area contributed by atoms with Gasteiger partial charge in [-0.2, -0.15) is 0 Å². The molecule has 0 aliphatic heterocycles. The molecule has 1 atom stereocenters. The third-order valence-electron chi connectivity index (χ3n) is 3.88. The van der Waals surface area contributed by atoms with Gasteiger partial charge in [0.15, 0.2) is 0 Å². The van der Waals surface area contributed by atoms with Crippen molar-refractivity contribution in [2.45, 2.75) is 82.6 Å². The minimum absolute atomic E-state index is 0.343. The molecular weight excluding hydrogens is 274 g/mol. The summed E-state index contributed by atoms with van der Waals surface area (Å²) in [5.41, 5.74) is 7.55. The zero-order valence-electron chi connectivity index (χ0n) is 13.9. The minimum atomic E-state index is 0.343. The number of benzene rings is 1. The predicted octanol–water partition coefficient (Wildman–Crippen LogP) is 5.95. The van der Waals surface area contributed by atoms with Crippen LogP contribution < -0.4 is 5.73 Å². The number of aryl methyl sites for hydroxylation is 1. The van der Waals surface area contributed by atoms with Crippen molar-refractivity contribution in [3.8, 4) is 0 Å². The van der Waals surface area contributed by atoms with E-state index in [4.69, 9.17) is 5.73 Å². The van der Waals surface area contributed by atoms with Crippen molar-refractivity contribution in [1.82, 2.24) is 0 Å². The molecule has 0 amide bonds. The summed E-state index contributed by atoms with van der Waals surface area (Å²) < 4.78 is 0. The largest absolute Gasteiger partial charge is 0.327 e. The summed E-state index contributed by atoms with van der Waals surface area (Å²) in [6, 6.07) is 9.04. The Morgan fingerprint density at radius 2 is 1.67 bits per heavy atom.